The molecule has 2 heterocycles. The van der Waals surface area contributed by atoms with E-state index in [0.717, 1.165) is 0 Å². The minimum atomic E-state index is -0.600. The van der Waals surface area contributed by atoms with Crippen LogP contribution in [0.15, 0.2) is 12.3 Å². The highest BCUT2D eigenvalue weighted by Gasteiger charge is 2.30. The van der Waals surface area contributed by atoms with E-state index in [-0.39, 0.29) is 23.8 Å². The molecule has 24 heavy (non-hydrogen) atoms. The van der Waals surface area contributed by atoms with Gasteiger partial charge in [0.1, 0.15) is 6.04 Å². The number of likely N-dealkylation sites (tertiary alicyclic amines) is 1. The van der Waals surface area contributed by atoms with Gasteiger partial charge < -0.3 is 15.3 Å². The van der Waals surface area contributed by atoms with E-state index in [0.29, 0.717) is 38.0 Å². The Bertz CT molecular complexity index is 583. The molecule has 0 saturated carbocycles. The Hall–Kier alpha value is -2.02. The standard InChI is InChI=1S/C17H26N4O3/c1-11(2)10-14(17(24)21-8-5-13(22)6-9-21)20-16(23)15-18-7-4-12(3)19-15/h4,7,11,13-14,22H,5-6,8-10H2,1-3H3,(H,20,23). The number of aliphatic hydroxyl groups excluding tert-OH is 1. The number of amides is 2. The third-order valence-corrected chi connectivity index (χ3v) is 4.08. The molecule has 1 aromatic rings. The molecule has 132 valence electrons. The first-order chi connectivity index (χ1) is 11.4. The maximum absolute atomic E-state index is 12.8. The van der Waals surface area contributed by atoms with E-state index in [9.17, 15) is 14.7 Å². The van der Waals surface area contributed by atoms with Crippen LogP contribution in [0.25, 0.3) is 0 Å². The molecule has 0 radical (unpaired) electrons. The monoisotopic (exact) mass is 334 g/mol. The summed E-state index contributed by atoms with van der Waals surface area (Å²) >= 11 is 0. The summed E-state index contributed by atoms with van der Waals surface area (Å²) in [5, 5.41) is 12.4. The van der Waals surface area contributed by atoms with Crippen molar-refractivity contribution in [2.75, 3.05) is 13.1 Å². The van der Waals surface area contributed by atoms with E-state index >= 15 is 0 Å². The van der Waals surface area contributed by atoms with Crippen LogP contribution >= 0.6 is 0 Å². The van der Waals surface area contributed by atoms with Crippen molar-refractivity contribution in [3.05, 3.63) is 23.8 Å². The number of nitrogens with one attached hydrogen (secondary N) is 1. The van der Waals surface area contributed by atoms with Gasteiger partial charge in [-0.2, -0.15) is 0 Å². The molecule has 0 spiro atoms. The lowest BCUT2D eigenvalue weighted by atomic mass is 10.0. The first-order valence-electron chi connectivity index (χ1n) is 8.44. The Morgan fingerprint density at radius 1 is 1.38 bits per heavy atom. The zero-order chi connectivity index (χ0) is 17.7. The molecule has 0 aliphatic carbocycles. The van der Waals surface area contributed by atoms with Gasteiger partial charge in [-0.15, -0.1) is 0 Å². The zero-order valence-corrected chi connectivity index (χ0v) is 14.5. The van der Waals surface area contributed by atoms with Crippen LogP contribution in [-0.4, -0.2) is 57.0 Å². The number of piperidine rings is 1. The quantitative estimate of drug-likeness (QED) is 0.834. The van der Waals surface area contributed by atoms with E-state index < -0.39 is 11.9 Å². The predicted octanol–water partition coefficient (Wildman–Crippen LogP) is 0.913. The summed E-state index contributed by atoms with van der Waals surface area (Å²) in [6, 6.07) is 1.11. The van der Waals surface area contributed by atoms with Gasteiger partial charge in [-0.05, 0) is 38.2 Å². The van der Waals surface area contributed by atoms with Gasteiger partial charge >= 0.3 is 0 Å². The predicted molar refractivity (Wildman–Crippen MR) is 89.3 cm³/mol. The van der Waals surface area contributed by atoms with Gasteiger partial charge in [-0.1, -0.05) is 13.8 Å². The molecule has 2 amide bonds. The highest BCUT2D eigenvalue weighted by molar-refractivity contribution is 5.94. The molecule has 0 aromatic carbocycles. The molecule has 1 fully saturated rings. The van der Waals surface area contributed by atoms with Crippen molar-refractivity contribution in [1.29, 1.82) is 0 Å². The second-order valence-electron chi connectivity index (χ2n) is 6.73. The highest BCUT2D eigenvalue weighted by Crippen LogP contribution is 2.14. The van der Waals surface area contributed by atoms with E-state index in [1.165, 1.54) is 6.20 Å². The molecule has 0 bridgehead atoms. The van der Waals surface area contributed by atoms with E-state index in [2.05, 4.69) is 15.3 Å². The van der Waals surface area contributed by atoms with Crippen LogP contribution in [-0.2, 0) is 4.79 Å². The van der Waals surface area contributed by atoms with Crippen molar-refractivity contribution in [2.45, 2.75) is 52.2 Å². The van der Waals surface area contributed by atoms with Crippen LogP contribution in [0.2, 0.25) is 0 Å². The van der Waals surface area contributed by atoms with Gasteiger partial charge in [0.05, 0.1) is 6.10 Å². The second kappa shape index (κ2) is 8.19. The first-order valence-corrected chi connectivity index (χ1v) is 8.44. The third-order valence-electron chi connectivity index (χ3n) is 4.08. The van der Waals surface area contributed by atoms with Gasteiger partial charge in [-0.3, -0.25) is 9.59 Å². The molecule has 1 unspecified atom stereocenters. The fourth-order valence-corrected chi connectivity index (χ4v) is 2.78. The van der Waals surface area contributed by atoms with Gasteiger partial charge in [0.25, 0.3) is 5.91 Å². The molecule has 1 atom stereocenters. The Morgan fingerprint density at radius 2 is 2.04 bits per heavy atom. The lowest BCUT2D eigenvalue weighted by molar-refractivity contribution is -0.135. The first kappa shape index (κ1) is 18.3. The van der Waals surface area contributed by atoms with Gasteiger partial charge in [0, 0.05) is 25.0 Å². The third kappa shape index (κ3) is 4.99. The summed E-state index contributed by atoms with van der Waals surface area (Å²) < 4.78 is 0. The number of carbonyl (C=O) groups excluding carboxylic acids is 2. The van der Waals surface area contributed by atoms with Crippen molar-refractivity contribution < 1.29 is 14.7 Å². The molecule has 1 aromatic heterocycles. The van der Waals surface area contributed by atoms with Crippen LogP contribution in [0.3, 0.4) is 0 Å². The molecule has 7 heteroatoms. The fraction of sp³-hybridized carbons (Fsp3) is 0.647. The van der Waals surface area contributed by atoms with E-state index in [1.807, 2.05) is 13.8 Å². The van der Waals surface area contributed by atoms with Crippen LogP contribution in [0.1, 0.15) is 49.4 Å². The Morgan fingerprint density at radius 3 is 2.62 bits per heavy atom. The zero-order valence-electron chi connectivity index (χ0n) is 14.5. The largest absolute Gasteiger partial charge is 0.393 e. The van der Waals surface area contributed by atoms with Crippen molar-refractivity contribution in [1.82, 2.24) is 20.2 Å². The lowest BCUT2D eigenvalue weighted by Crippen LogP contribution is -2.51. The smallest absolute Gasteiger partial charge is 0.289 e. The van der Waals surface area contributed by atoms with Crippen molar-refractivity contribution in [3.8, 4) is 0 Å². The van der Waals surface area contributed by atoms with Crippen LogP contribution < -0.4 is 5.32 Å². The number of carbonyl (C=O) groups is 2. The lowest BCUT2D eigenvalue weighted by Gasteiger charge is -2.33. The number of rotatable bonds is 5. The average molecular weight is 334 g/mol. The average Bonchev–Trinajstić information content (AvgIpc) is 2.54. The van der Waals surface area contributed by atoms with E-state index in [1.54, 1.807) is 17.9 Å². The topological polar surface area (TPSA) is 95.4 Å². The normalized spacial score (nSPS) is 17.0. The minimum absolute atomic E-state index is 0.0747. The molecular weight excluding hydrogens is 308 g/mol. The summed E-state index contributed by atoms with van der Waals surface area (Å²) in [5.74, 6) is -0.204. The molecular formula is C17H26N4O3. The van der Waals surface area contributed by atoms with Gasteiger partial charge in [0.15, 0.2) is 0 Å². The molecule has 2 N–H and O–H groups in total. The van der Waals surface area contributed by atoms with Gasteiger partial charge in [0.2, 0.25) is 11.7 Å². The van der Waals surface area contributed by atoms with Crippen molar-refractivity contribution in [2.24, 2.45) is 5.92 Å². The molecule has 1 aliphatic rings. The summed E-state index contributed by atoms with van der Waals surface area (Å²) in [4.78, 5) is 34.9. The Labute approximate surface area is 142 Å². The van der Waals surface area contributed by atoms with E-state index in [4.69, 9.17) is 0 Å². The summed E-state index contributed by atoms with van der Waals surface area (Å²) in [5.41, 5.74) is 0.701. The number of aryl methyl sites for hydroxylation is 1. The van der Waals surface area contributed by atoms with Crippen LogP contribution in [0, 0.1) is 12.8 Å². The second-order valence-corrected chi connectivity index (χ2v) is 6.73. The maximum Gasteiger partial charge on any atom is 0.289 e. The number of hydrogen-bond acceptors (Lipinski definition) is 5. The molecule has 1 saturated heterocycles. The van der Waals surface area contributed by atoms with Crippen molar-refractivity contribution >= 4 is 11.8 Å². The summed E-state index contributed by atoms with van der Waals surface area (Å²) in [7, 11) is 0. The summed E-state index contributed by atoms with van der Waals surface area (Å²) in [6.07, 6.45) is 2.90. The van der Waals surface area contributed by atoms with Crippen LogP contribution in [0.4, 0.5) is 0 Å². The number of hydrogen-bond donors (Lipinski definition) is 2. The van der Waals surface area contributed by atoms with Crippen LogP contribution in [0.5, 0.6) is 0 Å². The highest BCUT2D eigenvalue weighted by atomic mass is 16.3. The Balaban J connectivity index is 2.07. The number of aliphatic hydroxyl groups is 1. The molecule has 7 nitrogen and oxygen atoms in total. The SMILES string of the molecule is Cc1ccnc(C(=O)NC(CC(C)C)C(=O)N2CCC(O)CC2)n1. The minimum Gasteiger partial charge on any atom is -0.393 e. The Kier molecular flexibility index (Phi) is 6.25. The summed E-state index contributed by atoms with van der Waals surface area (Å²) in [6.45, 7) is 6.84. The number of nitrogens with zero attached hydrogens (tertiary/aromatic N) is 3. The van der Waals surface area contributed by atoms with Gasteiger partial charge in [-0.25, -0.2) is 9.97 Å². The molecule has 1 aliphatic heterocycles. The maximum atomic E-state index is 12.8. The molecule has 2 rings (SSSR count). The number of aromatic nitrogens is 2. The fourth-order valence-electron chi connectivity index (χ4n) is 2.78. The van der Waals surface area contributed by atoms with Crippen molar-refractivity contribution in [3.63, 3.8) is 0 Å².